The van der Waals surface area contributed by atoms with E-state index in [-0.39, 0.29) is 11.1 Å². The van der Waals surface area contributed by atoms with E-state index >= 15 is 0 Å². The second-order valence-electron chi connectivity index (χ2n) is 3.94. The van der Waals surface area contributed by atoms with Gasteiger partial charge in [-0.1, -0.05) is 19.9 Å². The Morgan fingerprint density at radius 1 is 1.11 bits per heavy atom. The molecule has 5 nitrogen and oxygen atoms in total. The molecule has 0 aliphatic rings. The number of nitrogens with zero attached hydrogens (tertiary/aromatic N) is 1. The van der Waals surface area contributed by atoms with Crippen LogP contribution in [-0.4, -0.2) is 40.1 Å². The summed E-state index contributed by atoms with van der Waals surface area (Å²) in [5.41, 5.74) is 0.689. The molecule has 98 valence electrons. The fourth-order valence-electron chi connectivity index (χ4n) is 1.73. The number of aromatic carboxylic acids is 2. The highest BCUT2D eigenvalue weighted by atomic mass is 16.4. The monoisotopic (exact) mass is 251 g/mol. The summed E-state index contributed by atoms with van der Waals surface area (Å²) in [5.74, 6) is -2.22. The van der Waals surface area contributed by atoms with Gasteiger partial charge in [-0.15, -0.1) is 0 Å². The Morgan fingerprint density at radius 3 is 2.17 bits per heavy atom. The molecule has 0 aliphatic heterocycles. The number of hydrogen-bond acceptors (Lipinski definition) is 3. The van der Waals surface area contributed by atoms with E-state index < -0.39 is 11.9 Å². The summed E-state index contributed by atoms with van der Waals surface area (Å²) < 4.78 is 0. The first kappa shape index (κ1) is 14.2. The third-order valence-electron chi connectivity index (χ3n) is 2.88. The Balaban J connectivity index is 3.11. The van der Waals surface area contributed by atoms with E-state index in [1.165, 1.54) is 12.1 Å². The fourth-order valence-corrected chi connectivity index (χ4v) is 1.73. The van der Waals surface area contributed by atoms with E-state index in [4.69, 9.17) is 10.2 Å². The maximum absolute atomic E-state index is 11.1. The van der Waals surface area contributed by atoms with Crippen LogP contribution < -0.4 is 0 Å². The van der Waals surface area contributed by atoms with Gasteiger partial charge in [-0.25, -0.2) is 9.59 Å². The van der Waals surface area contributed by atoms with Gasteiger partial charge in [0.2, 0.25) is 0 Å². The summed E-state index contributed by atoms with van der Waals surface area (Å²) in [6.45, 7) is 6.13. The molecule has 1 aromatic rings. The van der Waals surface area contributed by atoms with Crippen molar-refractivity contribution in [2.45, 2.75) is 20.4 Å². The van der Waals surface area contributed by atoms with Crippen molar-refractivity contribution in [3.63, 3.8) is 0 Å². The molecule has 0 saturated carbocycles. The zero-order valence-corrected chi connectivity index (χ0v) is 10.5. The van der Waals surface area contributed by atoms with Gasteiger partial charge in [0.1, 0.15) is 0 Å². The molecule has 0 amide bonds. The van der Waals surface area contributed by atoms with Crippen molar-refractivity contribution in [1.82, 2.24) is 4.90 Å². The summed E-state index contributed by atoms with van der Waals surface area (Å²) in [6.07, 6.45) is 0. The number of carboxylic acid groups (broad SMARTS) is 2. The predicted octanol–water partition coefficient (Wildman–Crippen LogP) is 1.92. The molecule has 0 radical (unpaired) electrons. The molecule has 0 atom stereocenters. The molecule has 0 spiro atoms. The second kappa shape index (κ2) is 6.16. The topological polar surface area (TPSA) is 77.8 Å². The van der Waals surface area contributed by atoms with Gasteiger partial charge in [0.05, 0.1) is 11.1 Å². The van der Waals surface area contributed by atoms with Gasteiger partial charge in [-0.2, -0.15) is 0 Å². The van der Waals surface area contributed by atoms with Crippen molar-refractivity contribution in [2.24, 2.45) is 0 Å². The van der Waals surface area contributed by atoms with Crippen molar-refractivity contribution < 1.29 is 19.8 Å². The minimum Gasteiger partial charge on any atom is -0.478 e. The molecule has 0 heterocycles. The lowest BCUT2D eigenvalue weighted by molar-refractivity contribution is 0.0694. The number of rotatable bonds is 6. The number of carbonyl (C=O) groups is 2. The van der Waals surface area contributed by atoms with Crippen LogP contribution in [0.5, 0.6) is 0 Å². The largest absolute Gasteiger partial charge is 0.478 e. The van der Waals surface area contributed by atoms with Crippen molar-refractivity contribution >= 4 is 11.9 Å². The minimum absolute atomic E-state index is 0.00398. The van der Waals surface area contributed by atoms with Gasteiger partial charge in [-0.3, -0.25) is 4.90 Å². The number of hydrogen-bond donors (Lipinski definition) is 2. The molecule has 1 rings (SSSR count). The van der Waals surface area contributed by atoms with Gasteiger partial charge in [0, 0.05) is 6.54 Å². The maximum atomic E-state index is 11.1. The molecule has 2 N–H and O–H groups in total. The summed E-state index contributed by atoms with van der Waals surface area (Å²) in [6, 6.07) is 4.22. The van der Waals surface area contributed by atoms with Crippen molar-refractivity contribution in [1.29, 1.82) is 0 Å². The minimum atomic E-state index is -1.12. The zero-order chi connectivity index (χ0) is 13.7. The third-order valence-corrected chi connectivity index (χ3v) is 2.88. The molecule has 5 heteroatoms. The molecule has 0 fully saturated rings. The Bertz CT molecular complexity index is 452. The summed E-state index contributed by atoms with van der Waals surface area (Å²) in [4.78, 5) is 24.0. The molecule has 18 heavy (non-hydrogen) atoms. The zero-order valence-electron chi connectivity index (χ0n) is 10.5. The fraction of sp³-hybridized carbons (Fsp3) is 0.385. The Hall–Kier alpha value is -1.88. The number of benzene rings is 1. The second-order valence-corrected chi connectivity index (χ2v) is 3.94. The van der Waals surface area contributed by atoms with E-state index in [2.05, 4.69) is 4.90 Å². The van der Waals surface area contributed by atoms with E-state index in [1.54, 1.807) is 6.07 Å². The van der Waals surface area contributed by atoms with Gasteiger partial charge >= 0.3 is 11.9 Å². The SMILES string of the molecule is CCN(CC)Cc1ccc(C(=O)O)cc1C(=O)O. The van der Waals surface area contributed by atoms with Crippen LogP contribution in [0, 0.1) is 0 Å². The lowest BCUT2D eigenvalue weighted by Gasteiger charge is -2.19. The lowest BCUT2D eigenvalue weighted by Crippen LogP contribution is -2.23. The molecular formula is C13H17NO4. The smallest absolute Gasteiger partial charge is 0.336 e. The van der Waals surface area contributed by atoms with Crippen LogP contribution in [0.25, 0.3) is 0 Å². The average Bonchev–Trinajstić information content (AvgIpc) is 2.35. The van der Waals surface area contributed by atoms with Crippen LogP contribution in [-0.2, 0) is 6.54 Å². The van der Waals surface area contributed by atoms with E-state index in [9.17, 15) is 9.59 Å². The van der Waals surface area contributed by atoms with Crippen LogP contribution >= 0.6 is 0 Å². The first-order valence-corrected chi connectivity index (χ1v) is 5.81. The molecule has 0 saturated heterocycles. The molecule has 0 unspecified atom stereocenters. The Kier molecular flexibility index (Phi) is 4.85. The summed E-state index contributed by atoms with van der Waals surface area (Å²) >= 11 is 0. The third kappa shape index (κ3) is 3.30. The van der Waals surface area contributed by atoms with Crippen molar-refractivity contribution in [3.05, 3.63) is 34.9 Å². The Labute approximate surface area is 106 Å². The van der Waals surface area contributed by atoms with Crippen molar-refractivity contribution in [3.8, 4) is 0 Å². The maximum Gasteiger partial charge on any atom is 0.336 e. The quantitative estimate of drug-likeness (QED) is 0.807. The van der Waals surface area contributed by atoms with Crippen molar-refractivity contribution in [2.75, 3.05) is 13.1 Å². The summed E-state index contributed by atoms with van der Waals surface area (Å²) in [5, 5.41) is 18.0. The van der Waals surface area contributed by atoms with Crippen LogP contribution in [0.3, 0.4) is 0 Å². The van der Waals surface area contributed by atoms with Crippen LogP contribution in [0.4, 0.5) is 0 Å². The number of carboxylic acids is 2. The molecular weight excluding hydrogens is 234 g/mol. The van der Waals surface area contributed by atoms with E-state index in [0.29, 0.717) is 12.1 Å². The predicted molar refractivity (Wildman–Crippen MR) is 67.0 cm³/mol. The van der Waals surface area contributed by atoms with Gasteiger partial charge in [0.25, 0.3) is 0 Å². The first-order chi connectivity index (χ1) is 8.49. The standard InChI is InChI=1S/C13H17NO4/c1-3-14(4-2)8-10-6-5-9(12(15)16)7-11(10)13(17)18/h5-7H,3-4,8H2,1-2H3,(H,15,16)(H,17,18). The van der Waals surface area contributed by atoms with Crippen LogP contribution in [0.2, 0.25) is 0 Å². The van der Waals surface area contributed by atoms with Gasteiger partial charge in [0.15, 0.2) is 0 Å². The van der Waals surface area contributed by atoms with Crippen LogP contribution in [0.1, 0.15) is 40.1 Å². The van der Waals surface area contributed by atoms with E-state index in [0.717, 1.165) is 13.1 Å². The molecule has 1 aromatic carbocycles. The first-order valence-electron chi connectivity index (χ1n) is 5.81. The molecule has 0 aliphatic carbocycles. The molecule has 0 bridgehead atoms. The highest BCUT2D eigenvalue weighted by molar-refractivity contribution is 5.94. The summed E-state index contributed by atoms with van der Waals surface area (Å²) in [7, 11) is 0. The highest BCUT2D eigenvalue weighted by Crippen LogP contribution is 2.15. The van der Waals surface area contributed by atoms with Gasteiger partial charge in [-0.05, 0) is 30.8 Å². The van der Waals surface area contributed by atoms with Crippen LogP contribution in [0.15, 0.2) is 18.2 Å². The highest BCUT2D eigenvalue weighted by Gasteiger charge is 2.15. The van der Waals surface area contributed by atoms with Gasteiger partial charge < -0.3 is 10.2 Å². The normalized spacial score (nSPS) is 10.6. The average molecular weight is 251 g/mol. The van der Waals surface area contributed by atoms with E-state index in [1.807, 2.05) is 13.8 Å². The lowest BCUT2D eigenvalue weighted by atomic mass is 10.0. The molecule has 0 aromatic heterocycles. The Morgan fingerprint density at radius 2 is 1.72 bits per heavy atom.